The molecule has 0 spiro atoms. The molecular formula is C15H14BrClFNO. The van der Waals surface area contributed by atoms with Gasteiger partial charge in [-0.15, -0.1) is 0 Å². The molecule has 2 N–H and O–H groups in total. The number of aryl methyl sites for hydroxylation is 1. The molecule has 2 nitrogen and oxygen atoms in total. The Kier molecular flexibility index (Phi) is 5.26. The van der Waals surface area contributed by atoms with E-state index in [1.54, 1.807) is 0 Å². The van der Waals surface area contributed by atoms with Gasteiger partial charge in [0.25, 0.3) is 0 Å². The summed E-state index contributed by atoms with van der Waals surface area (Å²) >= 11 is 8.97. The van der Waals surface area contributed by atoms with Gasteiger partial charge in [-0.05, 0) is 52.5 Å². The third-order valence-electron chi connectivity index (χ3n) is 2.82. The molecule has 2 rings (SSSR count). The van der Waals surface area contributed by atoms with Crippen LogP contribution >= 0.6 is 27.5 Å². The van der Waals surface area contributed by atoms with Crippen molar-refractivity contribution >= 4 is 33.2 Å². The highest BCUT2D eigenvalue weighted by Gasteiger charge is 2.07. The molecule has 0 atom stereocenters. The molecule has 0 saturated heterocycles. The van der Waals surface area contributed by atoms with Crippen LogP contribution in [0.4, 0.5) is 10.1 Å². The summed E-state index contributed by atoms with van der Waals surface area (Å²) in [5, 5.41) is 0.0751. The molecule has 0 saturated carbocycles. The number of halogens is 3. The van der Waals surface area contributed by atoms with E-state index in [0.29, 0.717) is 16.8 Å². The van der Waals surface area contributed by atoms with Crippen molar-refractivity contribution in [3.05, 3.63) is 57.3 Å². The summed E-state index contributed by atoms with van der Waals surface area (Å²) in [6.45, 7) is 0.504. The number of nitrogen functional groups attached to an aromatic ring is 1. The molecule has 0 aliphatic carbocycles. The van der Waals surface area contributed by atoms with Crippen LogP contribution in [-0.4, -0.2) is 6.61 Å². The second-order valence-corrected chi connectivity index (χ2v) is 5.65. The lowest BCUT2D eigenvalue weighted by molar-refractivity contribution is 0.307. The first-order chi connectivity index (χ1) is 9.56. The smallest absolute Gasteiger partial charge is 0.145 e. The summed E-state index contributed by atoms with van der Waals surface area (Å²) < 4.78 is 19.5. The molecular weight excluding hydrogens is 345 g/mol. The summed E-state index contributed by atoms with van der Waals surface area (Å²) in [5.41, 5.74) is 7.58. The fourth-order valence-corrected chi connectivity index (χ4v) is 2.51. The highest BCUT2D eigenvalue weighted by molar-refractivity contribution is 9.10. The van der Waals surface area contributed by atoms with Gasteiger partial charge in [0, 0.05) is 11.8 Å². The highest BCUT2D eigenvalue weighted by Crippen LogP contribution is 2.30. The summed E-state index contributed by atoms with van der Waals surface area (Å²) in [5.74, 6) is -0.0207. The van der Waals surface area contributed by atoms with E-state index in [2.05, 4.69) is 15.9 Å². The minimum Gasteiger partial charge on any atom is -0.492 e. The van der Waals surface area contributed by atoms with Crippen LogP contribution in [0.3, 0.4) is 0 Å². The molecule has 106 valence electrons. The summed E-state index contributed by atoms with van der Waals surface area (Å²) in [6, 6.07) is 10.5. The number of hydrogen-bond acceptors (Lipinski definition) is 2. The van der Waals surface area contributed by atoms with E-state index in [0.717, 1.165) is 18.5 Å². The first-order valence-electron chi connectivity index (χ1n) is 6.18. The van der Waals surface area contributed by atoms with Crippen LogP contribution in [-0.2, 0) is 6.42 Å². The number of rotatable bonds is 5. The zero-order chi connectivity index (χ0) is 14.5. The number of ether oxygens (including phenoxy) is 1. The fraction of sp³-hybridized carbons (Fsp3) is 0.200. The van der Waals surface area contributed by atoms with E-state index in [1.807, 2.05) is 24.3 Å². The van der Waals surface area contributed by atoms with Crippen molar-refractivity contribution in [1.29, 1.82) is 0 Å². The summed E-state index contributed by atoms with van der Waals surface area (Å²) in [4.78, 5) is 0. The van der Waals surface area contributed by atoms with Crippen LogP contribution in [0.2, 0.25) is 5.02 Å². The molecule has 0 heterocycles. The molecule has 5 heteroatoms. The third kappa shape index (κ3) is 4.12. The van der Waals surface area contributed by atoms with Gasteiger partial charge in [0.15, 0.2) is 0 Å². The van der Waals surface area contributed by atoms with Crippen LogP contribution in [0.1, 0.15) is 12.0 Å². The molecule has 0 amide bonds. The van der Waals surface area contributed by atoms with E-state index < -0.39 is 5.82 Å². The van der Waals surface area contributed by atoms with Gasteiger partial charge in [-0.2, -0.15) is 0 Å². The van der Waals surface area contributed by atoms with Crippen molar-refractivity contribution in [1.82, 2.24) is 0 Å². The standard InChI is InChI=1S/C15H14BrClFNO/c16-12-8-13(17)14(18)9-15(12)20-7-1-2-10-3-5-11(19)6-4-10/h3-6,8-9H,1-2,7,19H2. The Bertz CT molecular complexity index is 589. The van der Waals surface area contributed by atoms with Gasteiger partial charge in [0.05, 0.1) is 16.1 Å². The van der Waals surface area contributed by atoms with Crippen molar-refractivity contribution in [3.8, 4) is 5.75 Å². The molecule has 0 aromatic heterocycles. The van der Waals surface area contributed by atoms with Crippen LogP contribution < -0.4 is 10.5 Å². The van der Waals surface area contributed by atoms with E-state index in [1.165, 1.54) is 17.7 Å². The predicted octanol–water partition coefficient (Wildman–Crippen LogP) is 4.84. The molecule has 0 aliphatic rings. The Morgan fingerprint density at radius 2 is 1.90 bits per heavy atom. The lowest BCUT2D eigenvalue weighted by Crippen LogP contribution is -2.00. The number of benzene rings is 2. The maximum Gasteiger partial charge on any atom is 0.145 e. The Morgan fingerprint density at radius 3 is 2.60 bits per heavy atom. The number of anilines is 1. The van der Waals surface area contributed by atoms with Crippen LogP contribution in [0.25, 0.3) is 0 Å². The van der Waals surface area contributed by atoms with Crippen molar-refractivity contribution in [3.63, 3.8) is 0 Å². The Labute approximate surface area is 130 Å². The Balaban J connectivity index is 1.84. The van der Waals surface area contributed by atoms with Crippen molar-refractivity contribution in [2.24, 2.45) is 0 Å². The second kappa shape index (κ2) is 6.95. The number of hydrogen-bond donors (Lipinski definition) is 1. The zero-order valence-electron chi connectivity index (χ0n) is 10.7. The first kappa shape index (κ1) is 15.1. The molecule has 0 bridgehead atoms. The van der Waals surface area contributed by atoms with Gasteiger partial charge >= 0.3 is 0 Å². The average molecular weight is 359 g/mol. The molecule has 2 aromatic rings. The van der Waals surface area contributed by atoms with Gasteiger partial charge in [0.1, 0.15) is 11.6 Å². The lowest BCUT2D eigenvalue weighted by Gasteiger charge is -2.09. The predicted molar refractivity (Wildman–Crippen MR) is 83.8 cm³/mol. The van der Waals surface area contributed by atoms with Crippen molar-refractivity contribution < 1.29 is 9.13 Å². The maximum absolute atomic E-state index is 13.3. The SMILES string of the molecule is Nc1ccc(CCCOc2cc(F)c(Cl)cc2Br)cc1. The lowest BCUT2D eigenvalue weighted by atomic mass is 10.1. The summed E-state index contributed by atoms with van der Waals surface area (Å²) in [7, 11) is 0. The summed E-state index contributed by atoms with van der Waals surface area (Å²) in [6.07, 6.45) is 1.72. The maximum atomic E-state index is 13.3. The second-order valence-electron chi connectivity index (χ2n) is 4.39. The van der Waals surface area contributed by atoms with Crippen LogP contribution in [0.5, 0.6) is 5.75 Å². The Morgan fingerprint density at radius 1 is 1.20 bits per heavy atom. The largest absolute Gasteiger partial charge is 0.492 e. The molecule has 0 aliphatic heterocycles. The van der Waals surface area contributed by atoms with Gasteiger partial charge in [0.2, 0.25) is 0 Å². The Hall–Kier alpha value is -1.26. The molecule has 0 radical (unpaired) electrons. The third-order valence-corrected chi connectivity index (χ3v) is 3.73. The molecule has 2 aromatic carbocycles. The quantitative estimate of drug-likeness (QED) is 0.472. The van der Waals surface area contributed by atoms with Gasteiger partial charge in [-0.25, -0.2) is 4.39 Å². The van der Waals surface area contributed by atoms with Gasteiger partial charge < -0.3 is 10.5 Å². The number of nitrogens with two attached hydrogens (primary N) is 1. The van der Waals surface area contributed by atoms with Crippen molar-refractivity contribution in [2.45, 2.75) is 12.8 Å². The topological polar surface area (TPSA) is 35.2 Å². The minimum absolute atomic E-state index is 0.0751. The molecule has 20 heavy (non-hydrogen) atoms. The van der Waals surface area contributed by atoms with Crippen molar-refractivity contribution in [2.75, 3.05) is 12.3 Å². The van der Waals surface area contributed by atoms with E-state index in [9.17, 15) is 4.39 Å². The average Bonchev–Trinajstić information content (AvgIpc) is 2.42. The zero-order valence-corrected chi connectivity index (χ0v) is 13.0. The van der Waals surface area contributed by atoms with E-state index in [4.69, 9.17) is 22.1 Å². The fourth-order valence-electron chi connectivity index (χ4n) is 1.76. The van der Waals surface area contributed by atoms with E-state index >= 15 is 0 Å². The van der Waals surface area contributed by atoms with Gasteiger partial charge in [-0.3, -0.25) is 0 Å². The highest BCUT2D eigenvalue weighted by atomic mass is 79.9. The monoisotopic (exact) mass is 357 g/mol. The van der Waals surface area contributed by atoms with E-state index in [-0.39, 0.29) is 5.02 Å². The molecule has 0 fully saturated rings. The normalized spacial score (nSPS) is 10.6. The van der Waals surface area contributed by atoms with Crippen LogP contribution in [0.15, 0.2) is 40.9 Å². The van der Waals surface area contributed by atoms with Gasteiger partial charge in [-0.1, -0.05) is 23.7 Å². The first-order valence-corrected chi connectivity index (χ1v) is 7.35. The van der Waals surface area contributed by atoms with Crippen LogP contribution in [0, 0.1) is 5.82 Å². The minimum atomic E-state index is -0.483. The molecule has 0 unspecified atom stereocenters.